The van der Waals surface area contributed by atoms with Crippen LogP contribution in [-0.2, 0) is 0 Å². The molecule has 1 aliphatic rings. The average molecular weight is 533 g/mol. The highest BCUT2D eigenvalue weighted by Crippen LogP contribution is 2.23. The van der Waals surface area contributed by atoms with Gasteiger partial charge < -0.3 is 9.80 Å². The molecule has 2 heteroatoms. The summed E-state index contributed by atoms with van der Waals surface area (Å²) in [5.74, 6) is 0. The highest BCUT2D eigenvalue weighted by molar-refractivity contribution is 4.96. The van der Waals surface area contributed by atoms with Crippen molar-refractivity contribution in [1.82, 2.24) is 9.80 Å². The van der Waals surface area contributed by atoms with Gasteiger partial charge in [0.25, 0.3) is 0 Å². The molecular weight excluding hydrogens is 460 g/mol. The summed E-state index contributed by atoms with van der Waals surface area (Å²) < 4.78 is 0. The van der Waals surface area contributed by atoms with E-state index in [0.717, 1.165) is 0 Å². The minimum Gasteiger partial charge on any atom is -0.356 e. The maximum Gasteiger partial charge on any atom is 0.101 e. The van der Waals surface area contributed by atoms with Crippen LogP contribution < -0.4 is 0 Å². The van der Waals surface area contributed by atoms with Crippen LogP contribution in [-0.4, -0.2) is 29.1 Å². The zero-order valence-electron chi connectivity index (χ0n) is 26.8. The molecule has 0 aromatic rings. The first-order valence-electron chi connectivity index (χ1n) is 18.0. The summed E-state index contributed by atoms with van der Waals surface area (Å²) in [6.07, 6.45) is 45.6. The van der Waals surface area contributed by atoms with Gasteiger partial charge in [-0.25, -0.2) is 0 Å². The first-order chi connectivity index (χ1) is 18.8. The van der Waals surface area contributed by atoms with Crippen molar-refractivity contribution in [3.8, 4) is 0 Å². The number of unbranched alkanes of at least 4 members (excludes halogenated alkanes) is 24. The third-order valence-corrected chi connectivity index (χ3v) is 8.78. The lowest BCUT2D eigenvalue weighted by Crippen LogP contribution is -2.39. The van der Waals surface area contributed by atoms with Crippen molar-refractivity contribution in [2.45, 2.75) is 207 Å². The van der Waals surface area contributed by atoms with Gasteiger partial charge in [0.2, 0.25) is 0 Å². The van der Waals surface area contributed by atoms with Crippen LogP contribution >= 0.6 is 0 Å². The van der Waals surface area contributed by atoms with E-state index in [0.29, 0.717) is 6.17 Å². The lowest BCUT2D eigenvalue weighted by atomic mass is 10.0. The van der Waals surface area contributed by atoms with E-state index in [1.807, 2.05) is 0 Å². The van der Waals surface area contributed by atoms with Gasteiger partial charge in [-0.2, -0.15) is 0 Å². The van der Waals surface area contributed by atoms with Gasteiger partial charge in [-0.05, 0) is 25.7 Å². The molecule has 0 spiro atoms. The van der Waals surface area contributed by atoms with Gasteiger partial charge in [0.15, 0.2) is 0 Å². The first-order valence-corrected chi connectivity index (χ1v) is 18.0. The number of hydrogen-bond acceptors (Lipinski definition) is 2. The number of rotatable bonds is 30. The first kappa shape index (κ1) is 35.4. The van der Waals surface area contributed by atoms with E-state index in [1.54, 1.807) is 0 Å². The largest absolute Gasteiger partial charge is 0.356 e. The molecule has 0 fully saturated rings. The van der Waals surface area contributed by atoms with Crippen molar-refractivity contribution in [3.05, 3.63) is 12.4 Å². The quantitative estimate of drug-likeness (QED) is 0.0848. The molecule has 0 saturated heterocycles. The summed E-state index contributed by atoms with van der Waals surface area (Å²) >= 11 is 0. The Morgan fingerprint density at radius 2 is 0.658 bits per heavy atom. The molecule has 0 amide bonds. The molecule has 0 N–H and O–H groups in total. The third kappa shape index (κ3) is 20.3. The van der Waals surface area contributed by atoms with E-state index in [2.05, 4.69) is 43.0 Å². The van der Waals surface area contributed by atoms with Gasteiger partial charge in [-0.1, -0.05) is 175 Å². The van der Waals surface area contributed by atoms with Crippen molar-refractivity contribution >= 4 is 0 Å². The second-order valence-electron chi connectivity index (χ2n) is 12.5. The molecule has 0 aliphatic carbocycles. The fourth-order valence-electron chi connectivity index (χ4n) is 6.25. The molecule has 0 saturated carbocycles. The molecule has 226 valence electrons. The van der Waals surface area contributed by atoms with Crippen molar-refractivity contribution in [2.24, 2.45) is 0 Å². The highest BCUT2D eigenvalue weighted by Gasteiger charge is 2.24. The van der Waals surface area contributed by atoms with Gasteiger partial charge in [0, 0.05) is 25.5 Å². The third-order valence-electron chi connectivity index (χ3n) is 8.78. The fourth-order valence-corrected chi connectivity index (χ4v) is 6.25. The zero-order chi connectivity index (χ0) is 27.4. The van der Waals surface area contributed by atoms with Crippen molar-refractivity contribution in [3.63, 3.8) is 0 Å². The number of nitrogens with zero attached hydrogens (tertiary/aromatic N) is 2. The molecule has 0 radical (unpaired) electrons. The second-order valence-corrected chi connectivity index (χ2v) is 12.5. The normalized spacial score (nSPS) is 15.3. The lowest BCUT2D eigenvalue weighted by molar-refractivity contribution is 0.137. The molecular formula is C36H72N2. The molecule has 1 aliphatic heterocycles. The Morgan fingerprint density at radius 3 is 1.03 bits per heavy atom. The number of hydrogen-bond donors (Lipinski definition) is 0. The Balaban J connectivity index is 2.01. The predicted molar refractivity (Wildman–Crippen MR) is 173 cm³/mol. The van der Waals surface area contributed by atoms with Crippen LogP contribution in [0.5, 0.6) is 0 Å². The summed E-state index contributed by atoms with van der Waals surface area (Å²) in [4.78, 5) is 5.30. The summed E-state index contributed by atoms with van der Waals surface area (Å²) in [6, 6.07) is 0. The topological polar surface area (TPSA) is 6.48 Å². The minimum atomic E-state index is 0.639. The SMILES string of the molecule is CCCCCCCCCCCCCCCCC1N(CCC)C=CN1CCCCCCCCCCCCCC. The minimum absolute atomic E-state index is 0.639. The lowest BCUT2D eigenvalue weighted by Gasteiger charge is -2.33. The average Bonchev–Trinajstić information content (AvgIpc) is 3.30. The Hall–Kier alpha value is -0.660. The van der Waals surface area contributed by atoms with Crippen LogP contribution in [0.15, 0.2) is 12.4 Å². The molecule has 1 heterocycles. The molecule has 2 nitrogen and oxygen atoms in total. The summed E-state index contributed by atoms with van der Waals surface area (Å²) in [5, 5.41) is 0. The van der Waals surface area contributed by atoms with Crippen LogP contribution in [0.3, 0.4) is 0 Å². The van der Waals surface area contributed by atoms with E-state index < -0.39 is 0 Å². The van der Waals surface area contributed by atoms with Gasteiger partial charge >= 0.3 is 0 Å². The van der Waals surface area contributed by atoms with Crippen molar-refractivity contribution in [2.75, 3.05) is 13.1 Å². The monoisotopic (exact) mass is 533 g/mol. The van der Waals surface area contributed by atoms with Crippen LogP contribution in [0.25, 0.3) is 0 Å². The standard InChI is InChI=1S/C36H72N2/c1-4-7-9-11-13-15-17-19-20-21-23-25-27-29-31-36-37(32-6-3)34-35-38(36)33-30-28-26-24-22-18-16-14-12-10-8-5-2/h34-36H,4-33H2,1-3H3. The smallest absolute Gasteiger partial charge is 0.101 e. The van der Waals surface area contributed by atoms with Crippen molar-refractivity contribution < 1.29 is 0 Å². The second kappa shape index (κ2) is 27.9. The Kier molecular flexibility index (Phi) is 26.0. The zero-order valence-corrected chi connectivity index (χ0v) is 26.8. The van der Waals surface area contributed by atoms with E-state index in [-0.39, 0.29) is 0 Å². The summed E-state index contributed by atoms with van der Waals surface area (Å²) in [6.45, 7) is 9.42. The van der Waals surface area contributed by atoms with Gasteiger partial charge in [-0.15, -0.1) is 0 Å². The maximum absolute atomic E-state index is 2.67. The van der Waals surface area contributed by atoms with Crippen molar-refractivity contribution in [1.29, 1.82) is 0 Å². The Labute approximate surface area is 241 Å². The van der Waals surface area contributed by atoms with E-state index in [4.69, 9.17) is 0 Å². The maximum atomic E-state index is 2.67. The molecule has 38 heavy (non-hydrogen) atoms. The molecule has 1 rings (SSSR count). The van der Waals surface area contributed by atoms with Gasteiger partial charge in [0.1, 0.15) is 6.17 Å². The fraction of sp³-hybridized carbons (Fsp3) is 0.944. The Morgan fingerprint density at radius 1 is 0.342 bits per heavy atom. The molecule has 0 aromatic carbocycles. The summed E-state index contributed by atoms with van der Waals surface area (Å²) in [7, 11) is 0. The van der Waals surface area contributed by atoms with E-state index in [9.17, 15) is 0 Å². The Bertz CT molecular complexity index is 488. The molecule has 0 bridgehead atoms. The van der Waals surface area contributed by atoms with Crippen LogP contribution in [0, 0.1) is 0 Å². The predicted octanol–water partition coefficient (Wildman–Crippen LogP) is 12.4. The van der Waals surface area contributed by atoms with E-state index in [1.165, 1.54) is 193 Å². The van der Waals surface area contributed by atoms with E-state index >= 15 is 0 Å². The van der Waals surface area contributed by atoms with Crippen LogP contribution in [0.4, 0.5) is 0 Å². The summed E-state index contributed by atoms with van der Waals surface area (Å²) in [5.41, 5.74) is 0. The molecule has 1 unspecified atom stereocenters. The van der Waals surface area contributed by atoms with Gasteiger partial charge in [-0.3, -0.25) is 0 Å². The molecule has 0 aromatic heterocycles. The van der Waals surface area contributed by atoms with Gasteiger partial charge in [0.05, 0.1) is 0 Å². The highest BCUT2D eigenvalue weighted by atomic mass is 15.4. The van der Waals surface area contributed by atoms with Crippen LogP contribution in [0.2, 0.25) is 0 Å². The van der Waals surface area contributed by atoms with Crippen LogP contribution in [0.1, 0.15) is 201 Å². The molecule has 1 atom stereocenters.